The van der Waals surface area contributed by atoms with Crippen molar-refractivity contribution in [2.45, 2.75) is 17.7 Å². The number of ether oxygens (including phenoxy) is 1. The van der Waals surface area contributed by atoms with Crippen LogP contribution >= 0.6 is 0 Å². The van der Waals surface area contributed by atoms with Crippen LogP contribution in [-0.2, 0) is 14.6 Å². The molecule has 6 nitrogen and oxygen atoms in total. The molecule has 0 saturated carbocycles. The standard InChI is InChI=1S/C10H13NO5S/c1-6(10(12)13)7-4-9(16-2)11-5-8(7)17(3,14)15/h4-6H,1-3H3,(H,12,13). The molecule has 0 bridgehead atoms. The molecule has 0 aliphatic carbocycles. The van der Waals surface area contributed by atoms with Gasteiger partial charge in [-0.2, -0.15) is 0 Å². The van der Waals surface area contributed by atoms with Crippen molar-refractivity contribution in [3.63, 3.8) is 0 Å². The second kappa shape index (κ2) is 4.70. The third-order valence-electron chi connectivity index (χ3n) is 2.32. The zero-order chi connectivity index (χ0) is 13.2. The zero-order valence-electron chi connectivity index (χ0n) is 9.67. The van der Waals surface area contributed by atoms with E-state index in [2.05, 4.69) is 4.98 Å². The number of rotatable bonds is 4. The number of carboxylic acids is 1. The lowest BCUT2D eigenvalue weighted by Crippen LogP contribution is -2.13. The van der Waals surface area contributed by atoms with E-state index in [1.54, 1.807) is 0 Å². The molecule has 1 aromatic rings. The molecule has 0 aromatic carbocycles. The fraction of sp³-hybridized carbons (Fsp3) is 0.400. The molecule has 0 saturated heterocycles. The molecular formula is C10H13NO5S. The Balaban J connectivity index is 3.47. The van der Waals surface area contributed by atoms with Crippen molar-refractivity contribution in [1.82, 2.24) is 4.98 Å². The van der Waals surface area contributed by atoms with Crippen LogP contribution in [0.3, 0.4) is 0 Å². The monoisotopic (exact) mass is 259 g/mol. The number of nitrogens with zero attached hydrogens (tertiary/aromatic N) is 1. The molecule has 1 rings (SSSR count). The van der Waals surface area contributed by atoms with E-state index in [4.69, 9.17) is 9.84 Å². The molecule has 1 aromatic heterocycles. The lowest BCUT2D eigenvalue weighted by Gasteiger charge is -2.12. The van der Waals surface area contributed by atoms with E-state index in [1.165, 1.54) is 20.1 Å². The second-order valence-electron chi connectivity index (χ2n) is 3.60. The summed E-state index contributed by atoms with van der Waals surface area (Å²) in [5.74, 6) is -1.87. The number of carboxylic acid groups (broad SMARTS) is 1. The van der Waals surface area contributed by atoms with Crippen molar-refractivity contribution in [1.29, 1.82) is 0 Å². The number of pyridine rings is 1. The predicted octanol–water partition coefficient (Wildman–Crippen LogP) is 0.682. The predicted molar refractivity (Wildman–Crippen MR) is 59.9 cm³/mol. The van der Waals surface area contributed by atoms with Gasteiger partial charge < -0.3 is 9.84 Å². The Morgan fingerprint density at radius 3 is 2.53 bits per heavy atom. The van der Waals surface area contributed by atoms with Gasteiger partial charge in [0.2, 0.25) is 5.88 Å². The smallest absolute Gasteiger partial charge is 0.310 e. The van der Waals surface area contributed by atoms with Gasteiger partial charge in [0.1, 0.15) is 0 Å². The van der Waals surface area contributed by atoms with Crippen molar-refractivity contribution in [3.05, 3.63) is 17.8 Å². The number of methoxy groups -OCH3 is 1. The van der Waals surface area contributed by atoms with Crippen LogP contribution in [0.5, 0.6) is 5.88 Å². The van der Waals surface area contributed by atoms with E-state index >= 15 is 0 Å². The first-order valence-electron chi connectivity index (χ1n) is 4.74. The highest BCUT2D eigenvalue weighted by atomic mass is 32.2. The Morgan fingerprint density at radius 2 is 2.12 bits per heavy atom. The first-order chi connectivity index (χ1) is 7.77. The van der Waals surface area contributed by atoms with Gasteiger partial charge in [0.05, 0.1) is 17.9 Å². The molecule has 1 unspecified atom stereocenters. The highest BCUT2D eigenvalue weighted by Crippen LogP contribution is 2.26. The van der Waals surface area contributed by atoms with Crippen LogP contribution in [0.25, 0.3) is 0 Å². The minimum Gasteiger partial charge on any atom is -0.481 e. The summed E-state index contributed by atoms with van der Waals surface area (Å²) < 4.78 is 27.9. The maximum atomic E-state index is 11.5. The molecule has 0 fully saturated rings. The van der Waals surface area contributed by atoms with Crippen LogP contribution in [0, 0.1) is 0 Å². The molecule has 0 amide bonds. The molecule has 1 N–H and O–H groups in total. The first kappa shape index (κ1) is 13.4. The van der Waals surface area contributed by atoms with Crippen molar-refractivity contribution in [2.75, 3.05) is 13.4 Å². The number of aliphatic carboxylic acids is 1. The first-order valence-corrected chi connectivity index (χ1v) is 6.63. The SMILES string of the molecule is COc1cc(C(C)C(=O)O)c(S(C)(=O)=O)cn1. The van der Waals surface area contributed by atoms with Gasteiger partial charge in [-0.1, -0.05) is 0 Å². The van der Waals surface area contributed by atoms with E-state index < -0.39 is 21.7 Å². The lowest BCUT2D eigenvalue weighted by molar-refractivity contribution is -0.138. The van der Waals surface area contributed by atoms with Gasteiger partial charge in [0.15, 0.2) is 9.84 Å². The normalized spacial score (nSPS) is 13.1. The van der Waals surface area contributed by atoms with Crippen LogP contribution in [0.1, 0.15) is 18.4 Å². The zero-order valence-corrected chi connectivity index (χ0v) is 10.5. The molecule has 0 radical (unpaired) electrons. The molecule has 0 aliphatic rings. The highest BCUT2D eigenvalue weighted by Gasteiger charge is 2.23. The van der Waals surface area contributed by atoms with Crippen LogP contribution in [0.4, 0.5) is 0 Å². The van der Waals surface area contributed by atoms with Gasteiger partial charge in [-0.3, -0.25) is 4.79 Å². The summed E-state index contributed by atoms with van der Waals surface area (Å²) in [4.78, 5) is 14.6. The van der Waals surface area contributed by atoms with Crippen LogP contribution in [-0.4, -0.2) is 37.8 Å². The highest BCUT2D eigenvalue weighted by molar-refractivity contribution is 7.90. The Morgan fingerprint density at radius 1 is 1.53 bits per heavy atom. The molecule has 1 heterocycles. The Bertz CT molecular complexity index is 538. The molecule has 0 aliphatic heterocycles. The molecule has 94 valence electrons. The third-order valence-corrected chi connectivity index (χ3v) is 3.46. The van der Waals surface area contributed by atoms with Crippen LogP contribution in [0.15, 0.2) is 17.2 Å². The quantitative estimate of drug-likeness (QED) is 0.854. The van der Waals surface area contributed by atoms with E-state index in [-0.39, 0.29) is 16.3 Å². The minimum absolute atomic E-state index is 0.0896. The summed E-state index contributed by atoms with van der Waals surface area (Å²) >= 11 is 0. The number of aromatic nitrogens is 1. The summed E-state index contributed by atoms with van der Waals surface area (Å²) in [6, 6.07) is 1.33. The molecule has 7 heteroatoms. The fourth-order valence-electron chi connectivity index (χ4n) is 1.33. The number of hydrogen-bond acceptors (Lipinski definition) is 5. The maximum absolute atomic E-state index is 11.5. The van der Waals surface area contributed by atoms with Gasteiger partial charge >= 0.3 is 5.97 Å². The van der Waals surface area contributed by atoms with E-state index in [9.17, 15) is 13.2 Å². The summed E-state index contributed by atoms with van der Waals surface area (Å²) in [7, 11) is -2.15. The molecule has 17 heavy (non-hydrogen) atoms. The molecular weight excluding hydrogens is 246 g/mol. The van der Waals surface area contributed by atoms with Gasteiger partial charge in [-0.15, -0.1) is 0 Å². The Kier molecular flexibility index (Phi) is 3.72. The Labute approximate surface area is 99.2 Å². The fourth-order valence-corrected chi connectivity index (χ4v) is 2.24. The maximum Gasteiger partial charge on any atom is 0.310 e. The minimum atomic E-state index is -3.52. The largest absolute Gasteiger partial charge is 0.481 e. The topological polar surface area (TPSA) is 93.6 Å². The molecule has 1 atom stereocenters. The number of carbonyl (C=O) groups is 1. The van der Waals surface area contributed by atoms with Crippen molar-refractivity contribution < 1.29 is 23.1 Å². The van der Waals surface area contributed by atoms with E-state index in [1.807, 2.05) is 0 Å². The summed E-state index contributed by atoms with van der Waals surface area (Å²) in [5.41, 5.74) is 0.173. The number of sulfone groups is 1. The van der Waals surface area contributed by atoms with Crippen LogP contribution in [0.2, 0.25) is 0 Å². The second-order valence-corrected chi connectivity index (χ2v) is 5.58. The van der Waals surface area contributed by atoms with Crippen molar-refractivity contribution in [2.24, 2.45) is 0 Å². The van der Waals surface area contributed by atoms with E-state index in [0.29, 0.717) is 0 Å². The van der Waals surface area contributed by atoms with Crippen LogP contribution < -0.4 is 4.74 Å². The van der Waals surface area contributed by atoms with E-state index in [0.717, 1.165) is 12.5 Å². The van der Waals surface area contributed by atoms with Crippen molar-refractivity contribution in [3.8, 4) is 5.88 Å². The average molecular weight is 259 g/mol. The Hall–Kier alpha value is -1.63. The van der Waals surface area contributed by atoms with Gasteiger partial charge in [-0.25, -0.2) is 13.4 Å². The van der Waals surface area contributed by atoms with Gasteiger partial charge in [0, 0.05) is 18.5 Å². The molecule has 0 spiro atoms. The lowest BCUT2D eigenvalue weighted by atomic mass is 10.0. The summed E-state index contributed by atoms with van der Waals surface area (Å²) in [6.45, 7) is 1.41. The van der Waals surface area contributed by atoms with Gasteiger partial charge in [-0.05, 0) is 12.5 Å². The van der Waals surface area contributed by atoms with Gasteiger partial charge in [0.25, 0.3) is 0 Å². The van der Waals surface area contributed by atoms with Crippen molar-refractivity contribution >= 4 is 15.8 Å². The third kappa shape index (κ3) is 2.94. The number of hydrogen-bond donors (Lipinski definition) is 1. The summed E-state index contributed by atoms with van der Waals surface area (Å²) in [5, 5.41) is 8.93. The summed E-state index contributed by atoms with van der Waals surface area (Å²) in [6.07, 6.45) is 2.12. The average Bonchev–Trinajstić information content (AvgIpc) is 2.25.